The van der Waals surface area contributed by atoms with E-state index in [1.807, 2.05) is 49.7 Å². The van der Waals surface area contributed by atoms with Crippen LogP contribution in [0, 0.1) is 13.8 Å². The van der Waals surface area contributed by atoms with Crippen LogP contribution in [0.2, 0.25) is 0 Å². The fourth-order valence-corrected chi connectivity index (χ4v) is 2.33. The lowest BCUT2D eigenvalue weighted by atomic mass is 10.1. The number of hydrogen-bond donors (Lipinski definition) is 1. The van der Waals surface area contributed by atoms with E-state index in [9.17, 15) is 4.79 Å². The molecule has 5 nitrogen and oxygen atoms in total. The summed E-state index contributed by atoms with van der Waals surface area (Å²) in [6.07, 6.45) is 6.50. The first-order valence-electron chi connectivity index (χ1n) is 8.08. The van der Waals surface area contributed by atoms with Gasteiger partial charge in [0.1, 0.15) is 5.75 Å². The highest BCUT2D eigenvalue weighted by atomic mass is 16.5. The van der Waals surface area contributed by atoms with Gasteiger partial charge in [0.05, 0.1) is 6.33 Å². The molecule has 23 heavy (non-hydrogen) atoms. The van der Waals surface area contributed by atoms with Crippen LogP contribution in [-0.4, -0.2) is 28.1 Å². The normalized spacial score (nSPS) is 12.0. The molecule has 0 fully saturated rings. The van der Waals surface area contributed by atoms with E-state index >= 15 is 0 Å². The van der Waals surface area contributed by atoms with Gasteiger partial charge in [-0.15, -0.1) is 0 Å². The van der Waals surface area contributed by atoms with E-state index in [0.29, 0.717) is 13.0 Å². The van der Waals surface area contributed by atoms with Gasteiger partial charge in [0, 0.05) is 25.5 Å². The highest BCUT2D eigenvalue weighted by Gasteiger charge is 2.18. The smallest absolute Gasteiger partial charge is 0.261 e. The summed E-state index contributed by atoms with van der Waals surface area (Å²) in [7, 11) is 0. The average Bonchev–Trinajstić information content (AvgIpc) is 3.06. The zero-order valence-electron chi connectivity index (χ0n) is 14.1. The number of amides is 1. The number of benzene rings is 1. The van der Waals surface area contributed by atoms with Gasteiger partial charge < -0.3 is 14.6 Å². The SMILES string of the molecule is CC[C@H](Oc1cccc(C)c1C)C(=O)NCCCn1ccnc1. The number of nitrogens with zero attached hydrogens (tertiary/aromatic N) is 2. The quantitative estimate of drug-likeness (QED) is 0.762. The fraction of sp³-hybridized carbons (Fsp3) is 0.444. The molecule has 0 aliphatic heterocycles. The number of ether oxygens (including phenoxy) is 1. The van der Waals surface area contributed by atoms with Gasteiger partial charge in [0.25, 0.3) is 5.91 Å². The molecule has 5 heteroatoms. The zero-order chi connectivity index (χ0) is 16.7. The standard InChI is InChI=1S/C18H25N3O2/c1-4-16(23-17-8-5-7-14(2)15(17)3)18(22)20-9-6-11-21-12-10-19-13-21/h5,7-8,10,12-13,16H,4,6,9,11H2,1-3H3,(H,20,22)/t16-/m0/s1. The molecule has 1 amide bonds. The maximum atomic E-state index is 12.3. The minimum Gasteiger partial charge on any atom is -0.480 e. The summed E-state index contributed by atoms with van der Waals surface area (Å²) >= 11 is 0. The van der Waals surface area contributed by atoms with Crippen molar-refractivity contribution in [2.45, 2.75) is 46.3 Å². The zero-order valence-corrected chi connectivity index (χ0v) is 14.1. The van der Waals surface area contributed by atoms with Gasteiger partial charge in [-0.05, 0) is 43.9 Å². The molecule has 1 N–H and O–H groups in total. The van der Waals surface area contributed by atoms with Crippen molar-refractivity contribution in [3.8, 4) is 5.75 Å². The Bertz CT molecular complexity index is 623. The Hall–Kier alpha value is -2.30. The molecule has 0 aliphatic carbocycles. The Morgan fingerprint density at radius 1 is 1.39 bits per heavy atom. The van der Waals surface area contributed by atoms with E-state index < -0.39 is 6.10 Å². The molecule has 0 aliphatic rings. The van der Waals surface area contributed by atoms with E-state index in [1.165, 1.54) is 0 Å². The number of imidazole rings is 1. The van der Waals surface area contributed by atoms with E-state index in [1.54, 1.807) is 12.5 Å². The minimum atomic E-state index is -0.455. The first kappa shape index (κ1) is 17.1. The van der Waals surface area contributed by atoms with E-state index in [4.69, 9.17) is 4.74 Å². The molecule has 0 radical (unpaired) electrons. The summed E-state index contributed by atoms with van der Waals surface area (Å²) < 4.78 is 7.91. The predicted octanol–water partition coefficient (Wildman–Crippen LogP) is 2.86. The van der Waals surface area contributed by atoms with E-state index in [0.717, 1.165) is 29.8 Å². The summed E-state index contributed by atoms with van der Waals surface area (Å²) in [4.78, 5) is 16.3. The molecule has 124 valence electrons. The Labute approximate surface area is 137 Å². The van der Waals surface area contributed by atoms with Crippen molar-refractivity contribution in [3.05, 3.63) is 48.0 Å². The number of rotatable bonds is 8. The van der Waals surface area contributed by atoms with Crippen LogP contribution in [0.15, 0.2) is 36.9 Å². The molecule has 0 saturated carbocycles. The lowest BCUT2D eigenvalue weighted by Gasteiger charge is -2.19. The number of aromatic nitrogens is 2. The van der Waals surface area contributed by atoms with Crippen LogP contribution in [0.1, 0.15) is 30.9 Å². The number of hydrogen-bond acceptors (Lipinski definition) is 3. The van der Waals surface area contributed by atoms with Crippen molar-refractivity contribution >= 4 is 5.91 Å². The third-order valence-electron chi connectivity index (χ3n) is 3.94. The van der Waals surface area contributed by atoms with Crippen LogP contribution in [0.5, 0.6) is 5.75 Å². The van der Waals surface area contributed by atoms with Crippen LogP contribution in [0.3, 0.4) is 0 Å². The molecule has 2 rings (SSSR count). The van der Waals surface area contributed by atoms with Gasteiger partial charge in [0.15, 0.2) is 6.10 Å². The number of carbonyl (C=O) groups is 1. The Balaban J connectivity index is 1.82. The number of carbonyl (C=O) groups excluding carboxylic acids is 1. The Morgan fingerprint density at radius 3 is 2.91 bits per heavy atom. The van der Waals surface area contributed by atoms with Crippen molar-refractivity contribution in [1.82, 2.24) is 14.9 Å². The van der Waals surface area contributed by atoms with Crippen LogP contribution in [0.25, 0.3) is 0 Å². The maximum absolute atomic E-state index is 12.3. The largest absolute Gasteiger partial charge is 0.480 e. The van der Waals surface area contributed by atoms with E-state index in [-0.39, 0.29) is 5.91 Å². The summed E-state index contributed by atoms with van der Waals surface area (Å²) in [6, 6.07) is 5.91. The summed E-state index contributed by atoms with van der Waals surface area (Å²) in [6.45, 7) is 7.49. The Kier molecular flexibility index (Phi) is 6.20. The van der Waals surface area contributed by atoms with Gasteiger partial charge in [-0.3, -0.25) is 4.79 Å². The van der Waals surface area contributed by atoms with Gasteiger partial charge >= 0.3 is 0 Å². The highest BCUT2D eigenvalue weighted by molar-refractivity contribution is 5.81. The number of aryl methyl sites for hydroxylation is 2. The van der Waals surface area contributed by atoms with Crippen LogP contribution in [0.4, 0.5) is 0 Å². The molecule has 1 aromatic heterocycles. The summed E-state index contributed by atoms with van der Waals surface area (Å²) in [5, 5.41) is 2.95. The van der Waals surface area contributed by atoms with Crippen molar-refractivity contribution in [2.24, 2.45) is 0 Å². The second-order valence-electron chi connectivity index (χ2n) is 5.66. The van der Waals surface area contributed by atoms with Crippen molar-refractivity contribution < 1.29 is 9.53 Å². The van der Waals surface area contributed by atoms with Crippen LogP contribution in [-0.2, 0) is 11.3 Å². The van der Waals surface area contributed by atoms with Crippen molar-refractivity contribution in [3.63, 3.8) is 0 Å². The molecule has 0 spiro atoms. The van der Waals surface area contributed by atoms with E-state index in [2.05, 4.69) is 10.3 Å². The summed E-state index contributed by atoms with van der Waals surface area (Å²) in [5.74, 6) is 0.726. The molecule has 0 unspecified atom stereocenters. The van der Waals surface area contributed by atoms with Gasteiger partial charge in [-0.25, -0.2) is 4.98 Å². The molecule has 0 bridgehead atoms. The second-order valence-corrected chi connectivity index (χ2v) is 5.66. The molecule has 1 atom stereocenters. The Morgan fingerprint density at radius 2 is 2.22 bits per heavy atom. The second kappa shape index (κ2) is 8.36. The molecule has 2 aromatic rings. The van der Waals surface area contributed by atoms with Gasteiger partial charge in [-0.1, -0.05) is 19.1 Å². The fourth-order valence-electron chi connectivity index (χ4n) is 2.33. The molecular weight excluding hydrogens is 290 g/mol. The lowest BCUT2D eigenvalue weighted by molar-refractivity contribution is -0.128. The molecule has 1 heterocycles. The maximum Gasteiger partial charge on any atom is 0.261 e. The lowest BCUT2D eigenvalue weighted by Crippen LogP contribution is -2.38. The van der Waals surface area contributed by atoms with Crippen molar-refractivity contribution in [1.29, 1.82) is 0 Å². The van der Waals surface area contributed by atoms with Gasteiger partial charge in [-0.2, -0.15) is 0 Å². The number of nitrogens with one attached hydrogen (secondary N) is 1. The highest BCUT2D eigenvalue weighted by Crippen LogP contribution is 2.22. The van der Waals surface area contributed by atoms with Gasteiger partial charge in [0.2, 0.25) is 0 Å². The third kappa shape index (κ3) is 4.84. The topological polar surface area (TPSA) is 56.1 Å². The minimum absolute atomic E-state index is 0.0564. The summed E-state index contributed by atoms with van der Waals surface area (Å²) in [5.41, 5.74) is 2.25. The first-order chi connectivity index (χ1) is 11.1. The van der Waals surface area contributed by atoms with Crippen molar-refractivity contribution in [2.75, 3.05) is 6.54 Å². The molecule has 0 saturated heterocycles. The third-order valence-corrected chi connectivity index (χ3v) is 3.94. The van der Waals surface area contributed by atoms with Crippen LogP contribution < -0.4 is 10.1 Å². The monoisotopic (exact) mass is 315 g/mol. The van der Waals surface area contributed by atoms with Crippen LogP contribution >= 0.6 is 0 Å². The first-order valence-corrected chi connectivity index (χ1v) is 8.08. The molecular formula is C18H25N3O2. The predicted molar refractivity (Wildman–Crippen MR) is 90.5 cm³/mol. The average molecular weight is 315 g/mol. The molecule has 1 aromatic carbocycles.